The fourth-order valence-corrected chi connectivity index (χ4v) is 5.84. The summed E-state index contributed by atoms with van der Waals surface area (Å²) in [6, 6.07) is 47.3. The van der Waals surface area contributed by atoms with Crippen molar-refractivity contribution in [2.24, 2.45) is 0 Å². The van der Waals surface area contributed by atoms with E-state index < -0.39 is 0 Å². The van der Waals surface area contributed by atoms with Crippen molar-refractivity contribution in [1.29, 1.82) is 0 Å². The Morgan fingerprint density at radius 1 is 0.421 bits per heavy atom. The number of rotatable bonds is 3. The second kappa shape index (κ2) is 8.22. The van der Waals surface area contributed by atoms with Gasteiger partial charge >= 0.3 is 0 Å². The lowest BCUT2D eigenvalue weighted by molar-refractivity contribution is 0.669. The molecular weight excluding hydrogens is 462 g/mol. The molecule has 2 aromatic heterocycles. The van der Waals surface area contributed by atoms with E-state index in [2.05, 4.69) is 126 Å². The van der Waals surface area contributed by atoms with Crippen LogP contribution in [0.1, 0.15) is 0 Å². The molecule has 2 heteroatoms. The van der Waals surface area contributed by atoms with Crippen LogP contribution in [-0.2, 0) is 0 Å². The van der Waals surface area contributed by atoms with Crippen LogP contribution in [0.5, 0.6) is 0 Å². The zero-order chi connectivity index (χ0) is 25.1. The summed E-state index contributed by atoms with van der Waals surface area (Å²) in [5.74, 6) is 0. The molecule has 0 aliphatic heterocycles. The van der Waals surface area contributed by atoms with Crippen LogP contribution < -0.4 is 0 Å². The summed E-state index contributed by atoms with van der Waals surface area (Å²) in [5.41, 5.74) is 11.4. The number of para-hydroxylation sites is 2. The summed E-state index contributed by atoms with van der Waals surface area (Å²) in [5, 5.41) is 4.80. The van der Waals surface area contributed by atoms with Gasteiger partial charge in [-0.2, -0.15) is 0 Å². The van der Waals surface area contributed by atoms with Crippen molar-refractivity contribution in [1.82, 2.24) is 4.98 Å². The molecule has 38 heavy (non-hydrogen) atoms. The van der Waals surface area contributed by atoms with Gasteiger partial charge in [0.25, 0.3) is 0 Å². The van der Waals surface area contributed by atoms with Gasteiger partial charge in [-0.25, -0.2) is 0 Å². The van der Waals surface area contributed by atoms with Crippen molar-refractivity contribution in [2.45, 2.75) is 0 Å². The Hall–Kier alpha value is -5.08. The van der Waals surface area contributed by atoms with Crippen LogP contribution in [0.15, 0.2) is 138 Å². The minimum atomic E-state index is 0.918. The van der Waals surface area contributed by atoms with Gasteiger partial charge in [0.2, 0.25) is 0 Å². The molecule has 0 atom stereocenters. The quantitative estimate of drug-likeness (QED) is 0.265. The van der Waals surface area contributed by atoms with Crippen LogP contribution in [0.25, 0.3) is 77.1 Å². The van der Waals surface area contributed by atoms with E-state index in [4.69, 9.17) is 4.42 Å². The van der Waals surface area contributed by atoms with Gasteiger partial charge in [0.15, 0.2) is 0 Å². The second-order valence-electron chi connectivity index (χ2n) is 9.84. The molecule has 0 fully saturated rings. The highest BCUT2D eigenvalue weighted by Gasteiger charge is 2.14. The molecule has 0 spiro atoms. The minimum Gasteiger partial charge on any atom is -0.456 e. The van der Waals surface area contributed by atoms with E-state index in [0.717, 1.165) is 33.0 Å². The van der Waals surface area contributed by atoms with Crippen LogP contribution in [0.4, 0.5) is 0 Å². The fourth-order valence-electron chi connectivity index (χ4n) is 5.84. The molecule has 2 nitrogen and oxygen atoms in total. The first kappa shape index (κ1) is 21.0. The Morgan fingerprint density at radius 3 is 2.03 bits per heavy atom. The SMILES string of the molecule is c1ccc(-c2ccc3[nH]c4c(-c5cccc(-c6cccc7oc8ccccc8c67)c5)cccc4c3c2)cc1. The van der Waals surface area contributed by atoms with Gasteiger partial charge in [0.1, 0.15) is 11.2 Å². The van der Waals surface area contributed by atoms with E-state index in [-0.39, 0.29) is 0 Å². The molecule has 0 unspecified atom stereocenters. The van der Waals surface area contributed by atoms with Crippen molar-refractivity contribution in [3.05, 3.63) is 133 Å². The predicted octanol–water partition coefficient (Wildman–Crippen LogP) is 10.2. The molecular formula is C36H23NO. The molecule has 8 aromatic rings. The van der Waals surface area contributed by atoms with Crippen molar-refractivity contribution < 1.29 is 4.42 Å². The van der Waals surface area contributed by atoms with Crippen molar-refractivity contribution >= 4 is 43.7 Å². The molecule has 0 saturated heterocycles. The van der Waals surface area contributed by atoms with Crippen LogP contribution >= 0.6 is 0 Å². The molecule has 0 aliphatic rings. The third kappa shape index (κ3) is 3.21. The summed E-state index contributed by atoms with van der Waals surface area (Å²) in [6.45, 7) is 0. The van der Waals surface area contributed by atoms with Gasteiger partial charge in [0.05, 0.1) is 5.52 Å². The van der Waals surface area contributed by atoms with Gasteiger partial charge in [-0.3, -0.25) is 0 Å². The first-order valence-corrected chi connectivity index (χ1v) is 12.9. The van der Waals surface area contributed by atoms with Gasteiger partial charge in [-0.05, 0) is 58.1 Å². The molecule has 0 aliphatic carbocycles. The number of aromatic nitrogens is 1. The second-order valence-corrected chi connectivity index (χ2v) is 9.84. The topological polar surface area (TPSA) is 28.9 Å². The Labute approximate surface area is 219 Å². The Balaban J connectivity index is 1.30. The smallest absolute Gasteiger partial charge is 0.136 e. The minimum absolute atomic E-state index is 0.918. The Bertz CT molecular complexity index is 2130. The number of nitrogens with one attached hydrogen (secondary N) is 1. The van der Waals surface area contributed by atoms with Crippen LogP contribution in [0, 0.1) is 0 Å². The number of hydrogen-bond donors (Lipinski definition) is 1. The zero-order valence-corrected chi connectivity index (χ0v) is 20.6. The van der Waals surface area contributed by atoms with Crippen molar-refractivity contribution in [3.63, 3.8) is 0 Å². The molecule has 0 bridgehead atoms. The summed E-state index contributed by atoms with van der Waals surface area (Å²) < 4.78 is 6.16. The third-order valence-electron chi connectivity index (χ3n) is 7.63. The van der Waals surface area contributed by atoms with Gasteiger partial charge in [-0.1, -0.05) is 103 Å². The Morgan fingerprint density at radius 2 is 1.11 bits per heavy atom. The number of benzene rings is 6. The molecule has 6 aromatic carbocycles. The summed E-state index contributed by atoms with van der Waals surface area (Å²) in [6.07, 6.45) is 0. The normalized spacial score (nSPS) is 11.7. The lowest BCUT2D eigenvalue weighted by atomic mass is 9.95. The summed E-state index contributed by atoms with van der Waals surface area (Å²) in [7, 11) is 0. The number of H-pyrrole nitrogens is 1. The maximum atomic E-state index is 6.16. The maximum Gasteiger partial charge on any atom is 0.136 e. The zero-order valence-electron chi connectivity index (χ0n) is 20.6. The number of furan rings is 1. The maximum absolute atomic E-state index is 6.16. The molecule has 0 saturated carbocycles. The first-order chi connectivity index (χ1) is 18.8. The highest BCUT2D eigenvalue weighted by atomic mass is 16.3. The van der Waals surface area contributed by atoms with Crippen LogP contribution in [0.2, 0.25) is 0 Å². The van der Waals surface area contributed by atoms with E-state index in [9.17, 15) is 0 Å². The standard InChI is InChI=1S/C36H23NO/c1-2-9-23(10-3-1)24-19-20-32-31(22-24)29-16-7-15-28(36(29)37-32)26-12-6-11-25(21-26)27-14-8-18-34-35(27)30-13-4-5-17-33(30)38-34/h1-22,37H. The van der Waals surface area contributed by atoms with E-state index in [1.54, 1.807) is 0 Å². The van der Waals surface area contributed by atoms with E-state index in [1.807, 2.05) is 12.1 Å². The highest BCUT2D eigenvalue weighted by molar-refractivity contribution is 6.14. The Kier molecular flexibility index (Phi) is 4.55. The summed E-state index contributed by atoms with van der Waals surface area (Å²) in [4.78, 5) is 3.72. The lowest BCUT2D eigenvalue weighted by Gasteiger charge is -2.09. The number of fused-ring (bicyclic) bond motifs is 6. The van der Waals surface area contributed by atoms with Gasteiger partial charge in [-0.15, -0.1) is 0 Å². The number of hydrogen-bond acceptors (Lipinski definition) is 1. The van der Waals surface area contributed by atoms with E-state index in [0.29, 0.717) is 0 Å². The monoisotopic (exact) mass is 485 g/mol. The highest BCUT2D eigenvalue weighted by Crippen LogP contribution is 2.39. The predicted molar refractivity (Wildman–Crippen MR) is 159 cm³/mol. The van der Waals surface area contributed by atoms with Crippen LogP contribution in [0.3, 0.4) is 0 Å². The van der Waals surface area contributed by atoms with E-state index in [1.165, 1.54) is 44.2 Å². The molecule has 0 amide bonds. The molecule has 8 rings (SSSR count). The fraction of sp³-hybridized carbons (Fsp3) is 0. The largest absolute Gasteiger partial charge is 0.456 e. The molecule has 0 radical (unpaired) electrons. The van der Waals surface area contributed by atoms with Crippen LogP contribution in [-0.4, -0.2) is 4.98 Å². The van der Waals surface area contributed by atoms with Crippen molar-refractivity contribution in [2.75, 3.05) is 0 Å². The average molecular weight is 486 g/mol. The first-order valence-electron chi connectivity index (χ1n) is 12.9. The molecule has 178 valence electrons. The summed E-state index contributed by atoms with van der Waals surface area (Å²) >= 11 is 0. The molecule has 2 heterocycles. The van der Waals surface area contributed by atoms with E-state index >= 15 is 0 Å². The lowest BCUT2D eigenvalue weighted by Crippen LogP contribution is -1.84. The van der Waals surface area contributed by atoms with Gasteiger partial charge in [0, 0.05) is 32.6 Å². The molecule has 1 N–H and O–H groups in total. The number of aromatic amines is 1. The van der Waals surface area contributed by atoms with Crippen molar-refractivity contribution in [3.8, 4) is 33.4 Å². The average Bonchev–Trinajstić information content (AvgIpc) is 3.55. The third-order valence-corrected chi connectivity index (χ3v) is 7.63. The van der Waals surface area contributed by atoms with Gasteiger partial charge < -0.3 is 9.40 Å².